The van der Waals surface area contributed by atoms with Gasteiger partial charge in [0.05, 0.1) is 13.2 Å². The third-order valence-corrected chi connectivity index (χ3v) is 2.85. The van der Waals surface area contributed by atoms with E-state index in [0.29, 0.717) is 0 Å². The van der Waals surface area contributed by atoms with E-state index < -0.39 is 0 Å². The largest absolute Gasteiger partial charge is 0.379 e. The highest BCUT2D eigenvalue weighted by molar-refractivity contribution is 5.91. The third-order valence-electron chi connectivity index (χ3n) is 2.85. The molecule has 0 radical (unpaired) electrons. The van der Waals surface area contributed by atoms with Crippen molar-refractivity contribution in [2.45, 2.75) is 20.3 Å². The Morgan fingerprint density at radius 2 is 2.13 bits per heavy atom. The third kappa shape index (κ3) is 4.58. The number of ketones is 1. The maximum atomic E-state index is 11.5. The maximum Gasteiger partial charge on any atom is 0.158 e. The van der Waals surface area contributed by atoms with E-state index in [1.807, 2.05) is 19.9 Å². The predicted molar refractivity (Wildman–Crippen MR) is 60.9 cm³/mol. The van der Waals surface area contributed by atoms with Crippen LogP contribution in [-0.4, -0.2) is 43.5 Å². The summed E-state index contributed by atoms with van der Waals surface area (Å²) in [5.41, 5.74) is 0. The van der Waals surface area contributed by atoms with Crippen molar-refractivity contribution >= 4 is 5.78 Å². The molecule has 15 heavy (non-hydrogen) atoms. The molecule has 1 rings (SSSR count). The van der Waals surface area contributed by atoms with Gasteiger partial charge in [-0.15, -0.1) is 0 Å². The minimum Gasteiger partial charge on any atom is -0.379 e. The monoisotopic (exact) mass is 211 g/mol. The number of hydrogen-bond acceptors (Lipinski definition) is 3. The summed E-state index contributed by atoms with van der Waals surface area (Å²) in [6, 6.07) is 0. The lowest BCUT2D eigenvalue weighted by atomic mass is 10.0. The lowest BCUT2D eigenvalue weighted by molar-refractivity contribution is -0.117. The van der Waals surface area contributed by atoms with E-state index in [0.717, 1.165) is 39.3 Å². The second-order valence-corrected chi connectivity index (χ2v) is 4.03. The first-order valence-corrected chi connectivity index (χ1v) is 5.74. The molecule has 3 heteroatoms. The molecule has 1 aliphatic heterocycles. The number of rotatable bonds is 5. The van der Waals surface area contributed by atoms with Gasteiger partial charge in [0.25, 0.3) is 0 Å². The van der Waals surface area contributed by atoms with Gasteiger partial charge in [0.2, 0.25) is 0 Å². The summed E-state index contributed by atoms with van der Waals surface area (Å²) in [4.78, 5) is 13.8. The Morgan fingerprint density at radius 3 is 2.73 bits per heavy atom. The van der Waals surface area contributed by atoms with Crippen molar-refractivity contribution in [3.63, 3.8) is 0 Å². The zero-order valence-electron chi connectivity index (χ0n) is 9.74. The average molecular weight is 211 g/mol. The lowest BCUT2D eigenvalue weighted by Crippen LogP contribution is -2.36. The van der Waals surface area contributed by atoms with Gasteiger partial charge in [0, 0.05) is 25.6 Å². The van der Waals surface area contributed by atoms with Gasteiger partial charge >= 0.3 is 0 Å². The second-order valence-electron chi connectivity index (χ2n) is 4.03. The first-order chi connectivity index (χ1) is 7.24. The fraction of sp³-hybridized carbons (Fsp3) is 0.750. The van der Waals surface area contributed by atoms with Gasteiger partial charge in [-0.05, 0) is 12.5 Å². The van der Waals surface area contributed by atoms with Crippen molar-refractivity contribution in [1.29, 1.82) is 0 Å². The molecule has 0 amide bonds. The molecule has 0 aromatic heterocycles. The Morgan fingerprint density at radius 1 is 1.47 bits per heavy atom. The summed E-state index contributed by atoms with van der Waals surface area (Å²) in [7, 11) is 0. The molecular weight excluding hydrogens is 190 g/mol. The fourth-order valence-corrected chi connectivity index (χ4v) is 1.47. The van der Waals surface area contributed by atoms with Crippen LogP contribution in [0.2, 0.25) is 0 Å². The number of carbonyl (C=O) groups excluding carboxylic acids is 1. The van der Waals surface area contributed by atoms with Crippen LogP contribution in [0.15, 0.2) is 12.2 Å². The summed E-state index contributed by atoms with van der Waals surface area (Å²) >= 11 is 0. The molecule has 1 aliphatic rings. The Kier molecular flexibility index (Phi) is 5.58. The number of allylic oxidation sites excluding steroid dienone is 1. The standard InChI is InChI=1S/C12H21NO2/c1-3-11(2)12(14)5-4-6-13-7-9-15-10-8-13/h4-5,11H,3,6-10H2,1-2H3/b5-4+. The van der Waals surface area contributed by atoms with Gasteiger partial charge in [-0.1, -0.05) is 19.9 Å². The zero-order chi connectivity index (χ0) is 11.1. The molecule has 0 bridgehead atoms. The molecule has 1 atom stereocenters. The summed E-state index contributed by atoms with van der Waals surface area (Å²) in [5, 5.41) is 0. The molecule has 0 aromatic rings. The van der Waals surface area contributed by atoms with Gasteiger partial charge in [0.1, 0.15) is 0 Å². The summed E-state index contributed by atoms with van der Waals surface area (Å²) < 4.78 is 5.25. The van der Waals surface area contributed by atoms with Crippen molar-refractivity contribution in [3.8, 4) is 0 Å². The normalized spacial score (nSPS) is 20.7. The Bertz CT molecular complexity index is 220. The molecule has 0 N–H and O–H groups in total. The van der Waals surface area contributed by atoms with E-state index in [2.05, 4.69) is 4.90 Å². The minimum atomic E-state index is 0.158. The van der Waals surface area contributed by atoms with Crippen LogP contribution >= 0.6 is 0 Å². The van der Waals surface area contributed by atoms with Gasteiger partial charge in [-0.3, -0.25) is 9.69 Å². The summed E-state index contributed by atoms with van der Waals surface area (Å²) in [5.74, 6) is 0.400. The van der Waals surface area contributed by atoms with Crippen LogP contribution < -0.4 is 0 Å². The predicted octanol–water partition coefficient (Wildman–Crippen LogP) is 1.49. The van der Waals surface area contributed by atoms with E-state index in [1.54, 1.807) is 6.08 Å². The first-order valence-electron chi connectivity index (χ1n) is 5.74. The van der Waals surface area contributed by atoms with Crippen LogP contribution in [0.1, 0.15) is 20.3 Å². The van der Waals surface area contributed by atoms with Crippen LogP contribution in [0, 0.1) is 5.92 Å². The fourth-order valence-electron chi connectivity index (χ4n) is 1.47. The number of hydrogen-bond donors (Lipinski definition) is 0. The number of carbonyl (C=O) groups is 1. The smallest absolute Gasteiger partial charge is 0.158 e. The van der Waals surface area contributed by atoms with E-state index in [-0.39, 0.29) is 11.7 Å². The Balaban J connectivity index is 2.22. The quantitative estimate of drug-likeness (QED) is 0.645. The average Bonchev–Trinajstić information content (AvgIpc) is 2.29. The van der Waals surface area contributed by atoms with E-state index in [9.17, 15) is 4.79 Å². The SMILES string of the molecule is CCC(C)C(=O)/C=C/CN1CCOCC1. The zero-order valence-corrected chi connectivity index (χ0v) is 9.74. The van der Waals surface area contributed by atoms with E-state index in [1.165, 1.54) is 0 Å². The molecule has 1 unspecified atom stereocenters. The molecule has 1 heterocycles. The molecule has 0 aromatic carbocycles. The minimum absolute atomic E-state index is 0.158. The van der Waals surface area contributed by atoms with Crippen molar-refractivity contribution in [2.75, 3.05) is 32.8 Å². The molecule has 3 nitrogen and oxygen atoms in total. The molecule has 0 saturated carbocycles. The number of morpholine rings is 1. The van der Waals surface area contributed by atoms with Gasteiger partial charge < -0.3 is 4.74 Å². The van der Waals surface area contributed by atoms with Crippen LogP contribution in [-0.2, 0) is 9.53 Å². The highest BCUT2D eigenvalue weighted by atomic mass is 16.5. The van der Waals surface area contributed by atoms with Crippen molar-refractivity contribution in [3.05, 3.63) is 12.2 Å². The first kappa shape index (κ1) is 12.4. The van der Waals surface area contributed by atoms with Gasteiger partial charge in [-0.25, -0.2) is 0 Å². The molecule has 0 aliphatic carbocycles. The highest BCUT2D eigenvalue weighted by Crippen LogP contribution is 2.03. The topological polar surface area (TPSA) is 29.5 Å². The number of ether oxygens (including phenoxy) is 1. The maximum absolute atomic E-state index is 11.5. The van der Waals surface area contributed by atoms with Crippen LogP contribution in [0.25, 0.3) is 0 Å². The molecule has 86 valence electrons. The Labute approximate surface area is 92.1 Å². The van der Waals surface area contributed by atoms with Crippen molar-refractivity contribution < 1.29 is 9.53 Å². The number of nitrogens with zero attached hydrogens (tertiary/aromatic N) is 1. The molecule has 0 spiro atoms. The Hall–Kier alpha value is -0.670. The highest BCUT2D eigenvalue weighted by Gasteiger charge is 2.09. The molecule has 1 fully saturated rings. The van der Waals surface area contributed by atoms with Crippen LogP contribution in [0.5, 0.6) is 0 Å². The van der Waals surface area contributed by atoms with Gasteiger partial charge in [-0.2, -0.15) is 0 Å². The van der Waals surface area contributed by atoms with Gasteiger partial charge in [0.15, 0.2) is 5.78 Å². The van der Waals surface area contributed by atoms with Crippen LogP contribution in [0.4, 0.5) is 0 Å². The van der Waals surface area contributed by atoms with E-state index in [4.69, 9.17) is 4.74 Å². The van der Waals surface area contributed by atoms with Crippen molar-refractivity contribution in [2.24, 2.45) is 5.92 Å². The summed E-state index contributed by atoms with van der Waals surface area (Å²) in [6.07, 6.45) is 4.62. The van der Waals surface area contributed by atoms with E-state index >= 15 is 0 Å². The lowest BCUT2D eigenvalue weighted by Gasteiger charge is -2.25. The molecule has 1 saturated heterocycles. The summed E-state index contributed by atoms with van der Waals surface area (Å²) in [6.45, 7) is 8.45. The van der Waals surface area contributed by atoms with Crippen molar-refractivity contribution in [1.82, 2.24) is 4.90 Å². The molecular formula is C12H21NO2. The van der Waals surface area contributed by atoms with Crippen LogP contribution in [0.3, 0.4) is 0 Å². The second kappa shape index (κ2) is 6.75.